The van der Waals surface area contributed by atoms with Crippen molar-refractivity contribution in [3.05, 3.63) is 140 Å². The SMILES string of the molecule is c1ccc(N2c3ccc4c(c3)N(c3ccccc3Sc3ccccc32)c2cccc3c2B4c2sc4ccccc4c2-3)cc1. The number of nitrogens with zero attached hydrogens (tertiary/aromatic N) is 2. The maximum absolute atomic E-state index is 2.53. The van der Waals surface area contributed by atoms with Gasteiger partial charge in [0.15, 0.2) is 0 Å². The van der Waals surface area contributed by atoms with Crippen molar-refractivity contribution in [2.24, 2.45) is 0 Å². The second-order valence-electron chi connectivity index (χ2n) is 11.3. The van der Waals surface area contributed by atoms with E-state index in [9.17, 15) is 0 Å². The quantitative estimate of drug-likeness (QED) is 0.178. The lowest BCUT2D eigenvalue weighted by molar-refractivity contribution is 1.19. The van der Waals surface area contributed by atoms with E-state index < -0.39 is 0 Å². The van der Waals surface area contributed by atoms with Crippen LogP contribution < -0.4 is 25.5 Å². The van der Waals surface area contributed by atoms with E-state index in [0.717, 1.165) is 11.4 Å². The van der Waals surface area contributed by atoms with Crippen molar-refractivity contribution < 1.29 is 0 Å². The maximum Gasteiger partial charge on any atom is 0.260 e. The summed E-state index contributed by atoms with van der Waals surface area (Å²) >= 11 is 3.81. The lowest BCUT2D eigenvalue weighted by atomic mass is 9.39. The van der Waals surface area contributed by atoms with Gasteiger partial charge in [-0.15, -0.1) is 11.3 Å². The van der Waals surface area contributed by atoms with Crippen molar-refractivity contribution in [3.63, 3.8) is 0 Å². The Labute approximate surface area is 258 Å². The minimum atomic E-state index is 0.221. The number of benzene rings is 6. The number of thiophene rings is 1. The minimum Gasteiger partial charge on any atom is -0.310 e. The highest BCUT2D eigenvalue weighted by molar-refractivity contribution is 7.99. The highest BCUT2D eigenvalue weighted by atomic mass is 32.2. The predicted molar refractivity (Wildman–Crippen MR) is 185 cm³/mol. The normalized spacial score (nSPS) is 13.8. The van der Waals surface area contributed by atoms with Gasteiger partial charge in [0.05, 0.1) is 11.4 Å². The van der Waals surface area contributed by atoms with Crippen LogP contribution in [-0.4, -0.2) is 6.71 Å². The summed E-state index contributed by atoms with van der Waals surface area (Å²) < 4.78 is 2.84. The van der Waals surface area contributed by atoms with Crippen LogP contribution in [0, 0.1) is 0 Å². The number of para-hydroxylation sites is 3. The fourth-order valence-electron chi connectivity index (χ4n) is 7.32. The molecule has 10 rings (SSSR count). The summed E-state index contributed by atoms with van der Waals surface area (Å²) in [5, 5.41) is 1.37. The first kappa shape index (κ1) is 23.8. The first-order valence-electron chi connectivity index (χ1n) is 14.6. The Bertz CT molecular complexity index is 2260. The van der Waals surface area contributed by atoms with Gasteiger partial charge in [-0.3, -0.25) is 0 Å². The Morgan fingerprint density at radius 3 is 2.05 bits per heavy atom. The third-order valence-corrected chi connectivity index (χ3v) is 11.4. The fourth-order valence-corrected chi connectivity index (χ4v) is 9.73. The van der Waals surface area contributed by atoms with Crippen molar-refractivity contribution in [2.45, 2.75) is 9.79 Å². The van der Waals surface area contributed by atoms with Crippen molar-refractivity contribution in [1.29, 1.82) is 0 Å². The van der Waals surface area contributed by atoms with Crippen molar-refractivity contribution >= 4 is 89.7 Å². The van der Waals surface area contributed by atoms with Crippen LogP contribution >= 0.6 is 23.1 Å². The molecule has 0 radical (unpaired) electrons. The highest BCUT2D eigenvalue weighted by Gasteiger charge is 2.45. The molecule has 1 aromatic heterocycles. The summed E-state index contributed by atoms with van der Waals surface area (Å²) in [5.74, 6) is 0. The first-order chi connectivity index (χ1) is 21.3. The van der Waals surface area contributed by atoms with Crippen molar-refractivity contribution in [3.8, 4) is 11.1 Å². The molecule has 0 amide bonds. The van der Waals surface area contributed by atoms with Crippen LogP contribution in [0.1, 0.15) is 0 Å². The van der Waals surface area contributed by atoms with Gasteiger partial charge in [-0.2, -0.15) is 0 Å². The van der Waals surface area contributed by atoms with E-state index in [2.05, 4.69) is 149 Å². The number of hydrogen-bond donors (Lipinski definition) is 0. The monoisotopic (exact) mass is 582 g/mol. The second kappa shape index (κ2) is 8.90. The van der Waals surface area contributed by atoms with Crippen LogP contribution in [0.5, 0.6) is 0 Å². The average molecular weight is 583 g/mol. The lowest BCUT2D eigenvalue weighted by Gasteiger charge is -2.38. The van der Waals surface area contributed by atoms with E-state index in [0.29, 0.717) is 0 Å². The molecule has 3 aliphatic rings. The Kier molecular flexibility index (Phi) is 4.93. The van der Waals surface area contributed by atoms with Gasteiger partial charge < -0.3 is 9.80 Å². The van der Waals surface area contributed by atoms with Crippen LogP contribution in [0.4, 0.5) is 34.1 Å². The Balaban J connectivity index is 1.32. The first-order valence-corrected chi connectivity index (χ1v) is 16.3. The molecule has 200 valence electrons. The van der Waals surface area contributed by atoms with Crippen molar-refractivity contribution in [1.82, 2.24) is 0 Å². The summed E-state index contributed by atoms with van der Waals surface area (Å²) in [4.78, 5) is 7.43. The second-order valence-corrected chi connectivity index (χ2v) is 13.5. The van der Waals surface area contributed by atoms with Crippen LogP contribution in [-0.2, 0) is 0 Å². The van der Waals surface area contributed by atoms with Gasteiger partial charge in [0.1, 0.15) is 0 Å². The molecule has 0 N–H and O–H groups in total. The Morgan fingerprint density at radius 2 is 1.21 bits per heavy atom. The molecule has 3 aliphatic heterocycles. The Morgan fingerprint density at radius 1 is 0.512 bits per heavy atom. The molecule has 6 aromatic carbocycles. The molecular formula is C38H23BN2S2. The standard InChI is InChI=1S/C38H23BN2S2/c1-2-11-24(12-3-1)40-25-21-22-28-32(23-25)41(30-16-6-9-20-35(30)42-34-19-8-5-15-29(34)40)31-17-10-14-27-36-26-13-4-7-18-33(26)43-38(36)39(28)37(27)31/h1-23H. The molecule has 0 saturated carbocycles. The van der Waals surface area contributed by atoms with Gasteiger partial charge in [0, 0.05) is 37.2 Å². The number of anilines is 6. The van der Waals surface area contributed by atoms with Crippen LogP contribution in [0.3, 0.4) is 0 Å². The van der Waals surface area contributed by atoms with Gasteiger partial charge in [-0.25, -0.2) is 0 Å². The van der Waals surface area contributed by atoms with Gasteiger partial charge in [-0.1, -0.05) is 90.6 Å². The molecule has 0 atom stereocenters. The average Bonchev–Trinajstić information content (AvgIpc) is 3.59. The van der Waals surface area contributed by atoms with E-state index in [1.165, 1.54) is 69.5 Å². The zero-order valence-electron chi connectivity index (χ0n) is 23.1. The maximum atomic E-state index is 2.53. The summed E-state index contributed by atoms with van der Waals surface area (Å²) in [6.45, 7) is 0.221. The van der Waals surface area contributed by atoms with E-state index >= 15 is 0 Å². The van der Waals surface area contributed by atoms with Gasteiger partial charge in [0.25, 0.3) is 6.71 Å². The predicted octanol–water partition coefficient (Wildman–Crippen LogP) is 9.12. The third-order valence-electron chi connectivity index (χ3n) is 9.04. The molecule has 0 aliphatic carbocycles. The van der Waals surface area contributed by atoms with Gasteiger partial charge >= 0.3 is 0 Å². The molecular weight excluding hydrogens is 559 g/mol. The van der Waals surface area contributed by atoms with Gasteiger partial charge in [0.2, 0.25) is 0 Å². The summed E-state index contributed by atoms with van der Waals surface area (Å²) in [6, 6.07) is 51.5. The van der Waals surface area contributed by atoms with Crippen LogP contribution in [0.15, 0.2) is 149 Å². The smallest absolute Gasteiger partial charge is 0.260 e. The largest absolute Gasteiger partial charge is 0.310 e. The van der Waals surface area contributed by atoms with E-state index in [1.807, 2.05) is 23.1 Å². The third kappa shape index (κ3) is 3.26. The molecule has 4 heterocycles. The number of hydrogen-bond acceptors (Lipinski definition) is 4. The topological polar surface area (TPSA) is 6.48 Å². The summed E-state index contributed by atoms with van der Waals surface area (Å²) in [5.41, 5.74) is 12.9. The summed E-state index contributed by atoms with van der Waals surface area (Å²) in [6.07, 6.45) is 0. The molecule has 0 spiro atoms. The lowest BCUT2D eigenvalue weighted by Crippen LogP contribution is -2.54. The number of fused-ring (bicyclic) bond motifs is 11. The zero-order chi connectivity index (χ0) is 28.1. The van der Waals surface area contributed by atoms with E-state index in [1.54, 1.807) is 0 Å². The Hall–Kier alpha value is -4.71. The van der Waals surface area contributed by atoms with Crippen molar-refractivity contribution in [2.75, 3.05) is 9.80 Å². The molecule has 5 heteroatoms. The summed E-state index contributed by atoms with van der Waals surface area (Å²) in [7, 11) is 0. The van der Waals surface area contributed by atoms with E-state index in [4.69, 9.17) is 0 Å². The van der Waals surface area contributed by atoms with Crippen LogP contribution in [0.2, 0.25) is 0 Å². The molecule has 2 bridgehead atoms. The zero-order valence-corrected chi connectivity index (χ0v) is 24.7. The molecule has 7 aromatic rings. The molecule has 2 nitrogen and oxygen atoms in total. The molecule has 0 saturated heterocycles. The highest BCUT2D eigenvalue weighted by Crippen LogP contribution is 2.51. The molecule has 0 fully saturated rings. The fraction of sp³-hybridized carbons (Fsp3) is 0. The van der Waals surface area contributed by atoms with Gasteiger partial charge in [-0.05, 0) is 92.9 Å². The molecule has 0 unspecified atom stereocenters. The van der Waals surface area contributed by atoms with E-state index in [-0.39, 0.29) is 6.71 Å². The number of rotatable bonds is 1. The van der Waals surface area contributed by atoms with Crippen LogP contribution in [0.25, 0.3) is 21.2 Å². The molecule has 43 heavy (non-hydrogen) atoms. The minimum absolute atomic E-state index is 0.221.